The van der Waals surface area contributed by atoms with Crippen LogP contribution in [0.3, 0.4) is 0 Å². The van der Waals surface area contributed by atoms with Crippen molar-refractivity contribution in [2.45, 2.75) is 12.5 Å². The first-order chi connectivity index (χ1) is 5.74. The van der Waals surface area contributed by atoms with Gasteiger partial charge < -0.3 is 15.5 Å². The van der Waals surface area contributed by atoms with E-state index in [1.165, 1.54) is 7.11 Å². The zero-order chi connectivity index (χ0) is 8.97. The Balaban J connectivity index is 2.47. The highest BCUT2D eigenvalue weighted by Gasteiger charge is 2.13. The van der Waals surface area contributed by atoms with Crippen molar-refractivity contribution in [2.75, 3.05) is 7.11 Å². The fraction of sp³-hybridized carbons (Fsp3) is 0.375. The molecule has 0 aliphatic rings. The van der Waals surface area contributed by atoms with Gasteiger partial charge in [-0.3, -0.25) is 4.79 Å². The van der Waals surface area contributed by atoms with Crippen LogP contribution in [0.2, 0.25) is 0 Å². The smallest absolute Gasteiger partial charge is 0.323 e. The predicted octanol–water partition coefficient (Wildman–Crippen LogP) is 0.0575. The van der Waals surface area contributed by atoms with Crippen molar-refractivity contribution in [2.24, 2.45) is 5.73 Å². The first-order valence-corrected chi connectivity index (χ1v) is 3.69. The number of ether oxygens (including phenoxy) is 1. The molecule has 0 saturated heterocycles. The van der Waals surface area contributed by atoms with Gasteiger partial charge in [0.2, 0.25) is 0 Å². The first-order valence-electron chi connectivity index (χ1n) is 3.69. The molecule has 12 heavy (non-hydrogen) atoms. The van der Waals surface area contributed by atoms with E-state index in [0.29, 0.717) is 6.42 Å². The summed E-state index contributed by atoms with van der Waals surface area (Å²) >= 11 is 0. The van der Waals surface area contributed by atoms with Crippen molar-refractivity contribution in [3.8, 4) is 0 Å². The van der Waals surface area contributed by atoms with Crippen molar-refractivity contribution in [1.82, 2.24) is 4.98 Å². The van der Waals surface area contributed by atoms with E-state index in [-0.39, 0.29) is 5.97 Å². The van der Waals surface area contributed by atoms with Gasteiger partial charge in [-0.1, -0.05) is 0 Å². The van der Waals surface area contributed by atoms with E-state index in [1.54, 1.807) is 6.20 Å². The molecule has 1 unspecified atom stereocenters. The average Bonchev–Trinajstić information content (AvgIpc) is 2.55. The third kappa shape index (κ3) is 2.10. The second kappa shape index (κ2) is 3.92. The van der Waals surface area contributed by atoms with E-state index in [4.69, 9.17) is 5.73 Å². The van der Waals surface area contributed by atoms with Crippen molar-refractivity contribution in [3.05, 3.63) is 24.0 Å². The Kier molecular flexibility index (Phi) is 2.88. The second-order valence-corrected chi connectivity index (χ2v) is 2.53. The number of methoxy groups -OCH3 is 1. The van der Waals surface area contributed by atoms with Gasteiger partial charge in [0, 0.05) is 18.3 Å². The van der Waals surface area contributed by atoms with Gasteiger partial charge in [0.1, 0.15) is 6.04 Å². The lowest BCUT2D eigenvalue weighted by atomic mass is 10.2. The average molecular weight is 168 g/mol. The van der Waals surface area contributed by atoms with E-state index in [0.717, 1.165) is 5.69 Å². The Morgan fingerprint density at radius 1 is 1.83 bits per heavy atom. The van der Waals surface area contributed by atoms with E-state index in [1.807, 2.05) is 12.1 Å². The van der Waals surface area contributed by atoms with Gasteiger partial charge >= 0.3 is 5.97 Å². The van der Waals surface area contributed by atoms with Gasteiger partial charge in [-0.15, -0.1) is 0 Å². The third-order valence-electron chi connectivity index (χ3n) is 1.61. The van der Waals surface area contributed by atoms with Crippen LogP contribution in [0.4, 0.5) is 0 Å². The maximum Gasteiger partial charge on any atom is 0.323 e. The maximum absolute atomic E-state index is 10.9. The standard InChI is InChI=1S/C8H12N2O2/c1-12-8(11)7(9)5-6-3-2-4-10-6/h2-4,7,10H,5,9H2,1H3. The van der Waals surface area contributed by atoms with E-state index in [2.05, 4.69) is 9.72 Å². The molecule has 0 aliphatic heterocycles. The van der Waals surface area contributed by atoms with Crippen molar-refractivity contribution < 1.29 is 9.53 Å². The number of hydrogen-bond donors (Lipinski definition) is 2. The van der Waals surface area contributed by atoms with Crippen LogP contribution in [-0.4, -0.2) is 24.1 Å². The molecule has 0 radical (unpaired) electrons. The zero-order valence-corrected chi connectivity index (χ0v) is 6.91. The molecule has 1 aromatic rings. The van der Waals surface area contributed by atoms with E-state index >= 15 is 0 Å². The summed E-state index contributed by atoms with van der Waals surface area (Å²) < 4.78 is 4.48. The van der Waals surface area contributed by atoms with Gasteiger partial charge in [0.05, 0.1) is 7.11 Å². The van der Waals surface area contributed by atoms with Gasteiger partial charge in [-0.25, -0.2) is 0 Å². The summed E-state index contributed by atoms with van der Waals surface area (Å²) in [6.45, 7) is 0. The van der Waals surface area contributed by atoms with Gasteiger partial charge in [0.25, 0.3) is 0 Å². The topological polar surface area (TPSA) is 68.1 Å². The molecule has 0 bridgehead atoms. The first kappa shape index (κ1) is 8.80. The minimum Gasteiger partial charge on any atom is -0.468 e. The van der Waals surface area contributed by atoms with Crippen LogP contribution in [0.5, 0.6) is 0 Å². The molecule has 4 heteroatoms. The minimum atomic E-state index is -0.575. The summed E-state index contributed by atoms with van der Waals surface area (Å²) in [4.78, 5) is 13.8. The highest BCUT2D eigenvalue weighted by Crippen LogP contribution is 1.99. The minimum absolute atomic E-state index is 0.385. The molecule has 0 aliphatic carbocycles. The van der Waals surface area contributed by atoms with E-state index < -0.39 is 6.04 Å². The van der Waals surface area contributed by atoms with Crippen LogP contribution in [0.1, 0.15) is 5.69 Å². The second-order valence-electron chi connectivity index (χ2n) is 2.53. The lowest BCUT2D eigenvalue weighted by Crippen LogP contribution is -2.33. The quantitative estimate of drug-likeness (QED) is 0.627. The molecular formula is C8H12N2O2. The van der Waals surface area contributed by atoms with Crippen LogP contribution in [0.25, 0.3) is 0 Å². The Morgan fingerprint density at radius 3 is 3.08 bits per heavy atom. The number of carbonyl (C=O) groups excluding carboxylic acids is 1. The summed E-state index contributed by atoms with van der Waals surface area (Å²) in [5.41, 5.74) is 6.46. The van der Waals surface area contributed by atoms with Crippen LogP contribution in [-0.2, 0) is 16.0 Å². The molecule has 4 nitrogen and oxygen atoms in total. The van der Waals surface area contributed by atoms with Crippen LogP contribution >= 0.6 is 0 Å². The zero-order valence-electron chi connectivity index (χ0n) is 6.91. The molecule has 0 spiro atoms. The monoisotopic (exact) mass is 168 g/mol. The number of esters is 1. The maximum atomic E-state index is 10.9. The van der Waals surface area contributed by atoms with Crippen LogP contribution < -0.4 is 5.73 Å². The van der Waals surface area contributed by atoms with Gasteiger partial charge in [-0.2, -0.15) is 0 Å². The van der Waals surface area contributed by atoms with Crippen molar-refractivity contribution in [1.29, 1.82) is 0 Å². The summed E-state index contributed by atoms with van der Waals surface area (Å²) in [7, 11) is 1.33. The van der Waals surface area contributed by atoms with Gasteiger partial charge in [-0.05, 0) is 12.1 Å². The Hall–Kier alpha value is -1.29. The van der Waals surface area contributed by atoms with Crippen molar-refractivity contribution in [3.63, 3.8) is 0 Å². The molecule has 0 aromatic carbocycles. The number of nitrogens with two attached hydrogens (primary N) is 1. The normalized spacial score (nSPS) is 12.5. The fourth-order valence-corrected chi connectivity index (χ4v) is 0.966. The summed E-state index contributed by atoms with van der Waals surface area (Å²) in [6.07, 6.45) is 2.28. The van der Waals surface area contributed by atoms with Crippen LogP contribution in [0.15, 0.2) is 18.3 Å². The highest BCUT2D eigenvalue weighted by atomic mass is 16.5. The molecule has 1 rings (SSSR count). The Labute approximate surface area is 70.7 Å². The lowest BCUT2D eigenvalue weighted by Gasteiger charge is -2.06. The Morgan fingerprint density at radius 2 is 2.58 bits per heavy atom. The SMILES string of the molecule is COC(=O)C(N)Cc1ccc[nH]1. The summed E-state index contributed by atoms with van der Waals surface area (Å²) in [6, 6.07) is 3.16. The predicted molar refractivity (Wildman–Crippen MR) is 44.5 cm³/mol. The molecule has 1 heterocycles. The molecule has 0 saturated carbocycles. The number of aromatic nitrogens is 1. The summed E-state index contributed by atoms with van der Waals surface area (Å²) in [5, 5.41) is 0. The lowest BCUT2D eigenvalue weighted by molar-refractivity contribution is -0.142. The highest BCUT2D eigenvalue weighted by molar-refractivity contribution is 5.75. The molecule has 66 valence electrons. The van der Waals surface area contributed by atoms with E-state index in [9.17, 15) is 4.79 Å². The number of H-pyrrole nitrogens is 1. The Bertz CT molecular complexity index is 244. The number of rotatable bonds is 3. The van der Waals surface area contributed by atoms with Crippen LogP contribution in [0, 0.1) is 0 Å². The number of nitrogens with one attached hydrogen (secondary N) is 1. The molecule has 0 amide bonds. The third-order valence-corrected chi connectivity index (χ3v) is 1.61. The molecule has 3 N–H and O–H groups in total. The molecule has 1 aromatic heterocycles. The number of aromatic amines is 1. The van der Waals surface area contributed by atoms with Crippen molar-refractivity contribution >= 4 is 5.97 Å². The summed E-state index contributed by atoms with van der Waals surface area (Å²) in [5.74, 6) is -0.385. The molecule has 0 fully saturated rings. The fourth-order valence-electron chi connectivity index (χ4n) is 0.966. The van der Waals surface area contributed by atoms with Gasteiger partial charge in [0.15, 0.2) is 0 Å². The number of hydrogen-bond acceptors (Lipinski definition) is 3. The number of carbonyl (C=O) groups is 1. The molecule has 1 atom stereocenters. The largest absolute Gasteiger partial charge is 0.468 e. The molecular weight excluding hydrogens is 156 g/mol.